The van der Waals surface area contributed by atoms with Gasteiger partial charge in [-0.2, -0.15) is 5.10 Å². The second-order valence-electron chi connectivity index (χ2n) is 6.15. The van der Waals surface area contributed by atoms with Crippen molar-refractivity contribution < 1.29 is 9.53 Å². The lowest BCUT2D eigenvalue weighted by Crippen LogP contribution is -2.27. The third-order valence-corrected chi connectivity index (χ3v) is 4.68. The SMILES string of the molecule is COc1ccc(NC(N)=NCC2CCn3ncc(C(N)=O)c3C2)cc1Cl.I. The molecule has 27 heavy (non-hydrogen) atoms. The summed E-state index contributed by atoms with van der Waals surface area (Å²) in [5.74, 6) is 0.724. The number of amides is 1. The molecule has 146 valence electrons. The number of aliphatic imine (C=N–C) groups is 1. The first-order valence-corrected chi connectivity index (χ1v) is 8.60. The van der Waals surface area contributed by atoms with Gasteiger partial charge in [-0.05, 0) is 37.0 Å². The number of guanidine groups is 1. The van der Waals surface area contributed by atoms with E-state index in [1.807, 2.05) is 10.7 Å². The topological polar surface area (TPSA) is 121 Å². The summed E-state index contributed by atoms with van der Waals surface area (Å²) in [6, 6.07) is 5.29. The van der Waals surface area contributed by atoms with Crippen LogP contribution in [0.4, 0.5) is 5.69 Å². The number of benzene rings is 1. The lowest BCUT2D eigenvalue weighted by molar-refractivity contribution is 0.0998. The standard InChI is InChI=1S/C17H21ClN6O2.HI/c1-26-15-3-2-11(7-13(15)18)23-17(20)21-8-10-4-5-24-14(6-10)12(9-22-24)16(19)25;/h2-3,7,9-10H,4-6,8H2,1H3,(H2,19,25)(H3,20,21,23);1H. The highest BCUT2D eigenvalue weighted by atomic mass is 127. The minimum absolute atomic E-state index is 0. The number of aromatic nitrogens is 2. The van der Waals surface area contributed by atoms with E-state index in [-0.39, 0.29) is 29.9 Å². The van der Waals surface area contributed by atoms with Crippen molar-refractivity contribution in [3.05, 3.63) is 40.7 Å². The molecule has 10 heteroatoms. The molecule has 0 spiro atoms. The van der Waals surface area contributed by atoms with Gasteiger partial charge in [-0.15, -0.1) is 24.0 Å². The Morgan fingerprint density at radius 2 is 2.26 bits per heavy atom. The number of hydrogen-bond acceptors (Lipinski definition) is 4. The molecule has 2 heterocycles. The van der Waals surface area contributed by atoms with E-state index in [1.165, 1.54) is 6.20 Å². The molecule has 0 radical (unpaired) electrons. The van der Waals surface area contributed by atoms with Crippen molar-refractivity contribution in [2.45, 2.75) is 19.4 Å². The number of hydrogen-bond donors (Lipinski definition) is 3. The van der Waals surface area contributed by atoms with E-state index in [1.54, 1.807) is 19.2 Å². The number of aryl methyl sites for hydroxylation is 1. The number of carbonyl (C=O) groups is 1. The minimum atomic E-state index is -0.451. The van der Waals surface area contributed by atoms with Crippen LogP contribution in [0, 0.1) is 5.92 Å². The number of ether oxygens (including phenoxy) is 1. The maximum atomic E-state index is 11.5. The lowest BCUT2D eigenvalue weighted by atomic mass is 9.94. The summed E-state index contributed by atoms with van der Waals surface area (Å²) in [7, 11) is 1.56. The zero-order valence-corrected chi connectivity index (χ0v) is 17.9. The largest absolute Gasteiger partial charge is 0.495 e. The Kier molecular flexibility index (Phi) is 7.31. The Morgan fingerprint density at radius 1 is 1.48 bits per heavy atom. The quantitative estimate of drug-likeness (QED) is 0.328. The number of nitrogens with zero attached hydrogens (tertiary/aromatic N) is 3. The van der Waals surface area contributed by atoms with Gasteiger partial charge in [0.1, 0.15) is 5.75 Å². The van der Waals surface area contributed by atoms with Crippen molar-refractivity contribution in [2.75, 3.05) is 19.0 Å². The third kappa shape index (κ3) is 5.04. The summed E-state index contributed by atoms with van der Waals surface area (Å²) in [6.07, 6.45) is 3.15. The maximum Gasteiger partial charge on any atom is 0.252 e. The average Bonchev–Trinajstić information content (AvgIpc) is 3.03. The van der Waals surface area contributed by atoms with Gasteiger partial charge < -0.3 is 21.5 Å². The summed E-state index contributed by atoms with van der Waals surface area (Å²) in [5, 5.41) is 7.71. The first kappa shape index (κ1) is 21.3. The van der Waals surface area contributed by atoms with Gasteiger partial charge in [0.15, 0.2) is 5.96 Å². The van der Waals surface area contributed by atoms with Crippen LogP contribution in [-0.2, 0) is 13.0 Å². The number of rotatable bonds is 5. The maximum absolute atomic E-state index is 11.5. The summed E-state index contributed by atoms with van der Waals surface area (Å²) in [5.41, 5.74) is 13.5. The summed E-state index contributed by atoms with van der Waals surface area (Å²) >= 11 is 6.10. The van der Waals surface area contributed by atoms with Gasteiger partial charge in [0.25, 0.3) is 5.91 Å². The van der Waals surface area contributed by atoms with Crippen LogP contribution >= 0.6 is 35.6 Å². The molecule has 5 N–H and O–H groups in total. The van der Waals surface area contributed by atoms with Crippen LogP contribution < -0.4 is 21.5 Å². The fraction of sp³-hybridized carbons (Fsp3) is 0.353. The Labute approximate surface area is 179 Å². The molecular weight excluding hydrogens is 483 g/mol. The van der Waals surface area contributed by atoms with E-state index in [9.17, 15) is 4.79 Å². The second kappa shape index (κ2) is 9.27. The number of nitrogens with two attached hydrogens (primary N) is 2. The molecule has 1 aliphatic heterocycles. The van der Waals surface area contributed by atoms with Gasteiger partial charge in [-0.25, -0.2) is 0 Å². The van der Waals surface area contributed by atoms with E-state index in [4.69, 9.17) is 27.8 Å². The van der Waals surface area contributed by atoms with Crippen LogP contribution in [0.1, 0.15) is 22.5 Å². The molecule has 0 bridgehead atoms. The van der Waals surface area contributed by atoms with Gasteiger partial charge in [-0.3, -0.25) is 14.5 Å². The molecular formula is C17H22ClIN6O2. The molecule has 1 aliphatic rings. The monoisotopic (exact) mass is 504 g/mol. The number of anilines is 1. The Hall–Kier alpha value is -2.01. The zero-order valence-electron chi connectivity index (χ0n) is 14.8. The van der Waals surface area contributed by atoms with E-state index in [0.717, 1.165) is 24.3 Å². The fourth-order valence-corrected chi connectivity index (χ4v) is 3.28. The van der Waals surface area contributed by atoms with Crippen molar-refractivity contribution >= 4 is 53.1 Å². The zero-order chi connectivity index (χ0) is 18.7. The van der Waals surface area contributed by atoms with E-state index in [0.29, 0.717) is 35.3 Å². The third-order valence-electron chi connectivity index (χ3n) is 4.39. The number of nitrogens with one attached hydrogen (secondary N) is 1. The van der Waals surface area contributed by atoms with Crippen molar-refractivity contribution in [1.82, 2.24) is 9.78 Å². The van der Waals surface area contributed by atoms with Crippen molar-refractivity contribution in [2.24, 2.45) is 22.4 Å². The van der Waals surface area contributed by atoms with Crippen LogP contribution in [0.3, 0.4) is 0 Å². The number of halogens is 2. The Morgan fingerprint density at radius 3 is 2.93 bits per heavy atom. The molecule has 3 rings (SSSR count). The van der Waals surface area contributed by atoms with Crippen molar-refractivity contribution in [3.63, 3.8) is 0 Å². The molecule has 0 aliphatic carbocycles. The number of methoxy groups -OCH3 is 1. The highest BCUT2D eigenvalue weighted by Crippen LogP contribution is 2.27. The number of primary amides is 1. The second-order valence-corrected chi connectivity index (χ2v) is 6.56. The normalized spacial score (nSPS) is 16.2. The molecule has 0 fully saturated rings. The lowest BCUT2D eigenvalue weighted by Gasteiger charge is -2.22. The van der Waals surface area contributed by atoms with Crippen molar-refractivity contribution in [1.29, 1.82) is 0 Å². The van der Waals surface area contributed by atoms with E-state index in [2.05, 4.69) is 15.4 Å². The van der Waals surface area contributed by atoms with Gasteiger partial charge in [0.05, 0.1) is 29.6 Å². The van der Waals surface area contributed by atoms with E-state index >= 15 is 0 Å². The fourth-order valence-electron chi connectivity index (χ4n) is 3.02. The van der Waals surface area contributed by atoms with Crippen LogP contribution in [0.15, 0.2) is 29.4 Å². The van der Waals surface area contributed by atoms with Gasteiger partial charge >= 0.3 is 0 Å². The molecule has 1 aromatic heterocycles. The highest BCUT2D eigenvalue weighted by Gasteiger charge is 2.24. The summed E-state index contributed by atoms with van der Waals surface area (Å²) < 4.78 is 6.95. The van der Waals surface area contributed by atoms with E-state index < -0.39 is 5.91 Å². The van der Waals surface area contributed by atoms with Crippen LogP contribution in [0.5, 0.6) is 5.75 Å². The van der Waals surface area contributed by atoms with Crippen molar-refractivity contribution in [3.8, 4) is 5.75 Å². The number of fused-ring (bicyclic) bond motifs is 1. The Balaban J connectivity index is 0.00000261. The Bertz CT molecular complexity index is 854. The van der Waals surface area contributed by atoms with Gasteiger partial charge in [0, 0.05) is 18.8 Å². The summed E-state index contributed by atoms with van der Waals surface area (Å²) in [4.78, 5) is 15.9. The first-order valence-electron chi connectivity index (χ1n) is 8.23. The molecule has 8 nitrogen and oxygen atoms in total. The van der Waals surface area contributed by atoms with Gasteiger partial charge in [-0.1, -0.05) is 11.6 Å². The molecule has 1 amide bonds. The predicted octanol–water partition coefficient (Wildman–Crippen LogP) is 2.25. The molecule has 0 saturated heterocycles. The molecule has 1 aromatic carbocycles. The van der Waals surface area contributed by atoms with Gasteiger partial charge in [0.2, 0.25) is 0 Å². The predicted molar refractivity (Wildman–Crippen MR) is 116 cm³/mol. The molecule has 2 aromatic rings. The van der Waals surface area contributed by atoms with Crippen LogP contribution in [0.2, 0.25) is 5.02 Å². The van der Waals surface area contributed by atoms with Crippen LogP contribution in [0.25, 0.3) is 0 Å². The molecule has 1 unspecified atom stereocenters. The minimum Gasteiger partial charge on any atom is -0.495 e. The highest BCUT2D eigenvalue weighted by molar-refractivity contribution is 14.0. The van der Waals surface area contributed by atoms with Crippen LogP contribution in [-0.4, -0.2) is 35.3 Å². The smallest absolute Gasteiger partial charge is 0.252 e. The number of carbonyl (C=O) groups excluding carboxylic acids is 1. The molecule has 1 atom stereocenters. The summed E-state index contributed by atoms with van der Waals surface area (Å²) in [6.45, 7) is 1.29. The average molecular weight is 505 g/mol. The first-order chi connectivity index (χ1) is 12.5. The molecule has 0 saturated carbocycles.